The first-order valence-electron chi connectivity index (χ1n) is 8.24. The fraction of sp³-hybridized carbons (Fsp3) is 0.263. The van der Waals surface area contributed by atoms with Crippen LogP contribution in [-0.2, 0) is 0 Å². The Kier molecular flexibility index (Phi) is 3.91. The SMILES string of the molecule is O=C(c1occc1-c1ccccc1)N1CCCC(n2cccn2)C1. The number of carbonyl (C=O) groups is 1. The molecule has 0 N–H and O–H groups in total. The Bertz CT molecular complexity index is 808. The van der Waals surface area contributed by atoms with E-state index >= 15 is 0 Å². The second-order valence-corrected chi connectivity index (χ2v) is 6.06. The molecule has 4 rings (SSSR count). The molecule has 3 heterocycles. The van der Waals surface area contributed by atoms with Crippen LogP contribution in [0.3, 0.4) is 0 Å². The van der Waals surface area contributed by atoms with Gasteiger partial charge in [0.25, 0.3) is 5.91 Å². The summed E-state index contributed by atoms with van der Waals surface area (Å²) in [5.41, 5.74) is 1.84. The van der Waals surface area contributed by atoms with E-state index in [1.165, 1.54) is 0 Å². The number of likely N-dealkylation sites (tertiary alicyclic amines) is 1. The molecular weight excluding hydrogens is 302 g/mol. The summed E-state index contributed by atoms with van der Waals surface area (Å²) in [6.07, 6.45) is 7.33. The Morgan fingerprint density at radius 2 is 2.04 bits per heavy atom. The standard InChI is InChI=1S/C19H19N3O2/c23-19(18-17(9-13-24-18)15-6-2-1-3-7-15)21-11-4-8-16(14-21)22-12-5-10-20-22/h1-3,5-7,9-10,12-13,16H,4,8,11,14H2. The number of carbonyl (C=O) groups excluding carboxylic acids is 1. The topological polar surface area (TPSA) is 51.3 Å². The van der Waals surface area contributed by atoms with Crippen molar-refractivity contribution >= 4 is 5.91 Å². The highest BCUT2D eigenvalue weighted by Crippen LogP contribution is 2.28. The maximum absolute atomic E-state index is 13.0. The van der Waals surface area contributed by atoms with Crippen molar-refractivity contribution in [3.05, 3.63) is 66.9 Å². The fourth-order valence-corrected chi connectivity index (χ4v) is 3.32. The molecule has 5 heteroatoms. The van der Waals surface area contributed by atoms with Gasteiger partial charge in [-0.3, -0.25) is 9.48 Å². The highest BCUT2D eigenvalue weighted by molar-refractivity contribution is 5.98. The number of aromatic nitrogens is 2. The van der Waals surface area contributed by atoms with Gasteiger partial charge in [0.15, 0.2) is 5.76 Å². The number of furan rings is 1. The quantitative estimate of drug-likeness (QED) is 0.740. The van der Waals surface area contributed by atoms with Gasteiger partial charge >= 0.3 is 0 Å². The molecule has 1 unspecified atom stereocenters. The van der Waals surface area contributed by atoms with Gasteiger partial charge in [-0.05, 0) is 30.5 Å². The zero-order chi connectivity index (χ0) is 16.4. The van der Waals surface area contributed by atoms with Crippen molar-refractivity contribution in [1.29, 1.82) is 0 Å². The van der Waals surface area contributed by atoms with E-state index in [1.54, 1.807) is 12.5 Å². The average Bonchev–Trinajstić information content (AvgIpc) is 3.34. The first-order valence-corrected chi connectivity index (χ1v) is 8.24. The Labute approximate surface area is 140 Å². The van der Waals surface area contributed by atoms with Crippen LogP contribution >= 0.6 is 0 Å². The minimum atomic E-state index is -0.0456. The molecule has 0 saturated carbocycles. The van der Waals surface area contributed by atoms with Crippen LogP contribution in [0.5, 0.6) is 0 Å². The molecule has 3 aromatic rings. The van der Waals surface area contributed by atoms with Crippen molar-refractivity contribution in [2.24, 2.45) is 0 Å². The van der Waals surface area contributed by atoms with E-state index in [4.69, 9.17) is 4.42 Å². The summed E-state index contributed by atoms with van der Waals surface area (Å²) in [5, 5.41) is 4.32. The van der Waals surface area contributed by atoms with Crippen molar-refractivity contribution in [3.8, 4) is 11.1 Å². The largest absolute Gasteiger partial charge is 0.459 e. The third-order valence-electron chi connectivity index (χ3n) is 4.53. The molecular formula is C19H19N3O2. The molecule has 1 aliphatic rings. The average molecular weight is 321 g/mol. The minimum Gasteiger partial charge on any atom is -0.459 e. The van der Waals surface area contributed by atoms with E-state index in [1.807, 2.05) is 58.2 Å². The normalized spacial score (nSPS) is 17.8. The third kappa shape index (κ3) is 2.73. The van der Waals surface area contributed by atoms with Crippen molar-refractivity contribution in [3.63, 3.8) is 0 Å². The van der Waals surface area contributed by atoms with Crippen LogP contribution in [0.15, 0.2) is 65.5 Å². The van der Waals surface area contributed by atoms with Crippen molar-refractivity contribution < 1.29 is 9.21 Å². The van der Waals surface area contributed by atoms with Crippen LogP contribution < -0.4 is 0 Å². The second kappa shape index (κ2) is 6.35. The zero-order valence-electron chi connectivity index (χ0n) is 13.3. The summed E-state index contributed by atoms with van der Waals surface area (Å²) in [6.45, 7) is 1.42. The number of hydrogen-bond acceptors (Lipinski definition) is 3. The van der Waals surface area contributed by atoms with Gasteiger partial charge in [-0.1, -0.05) is 30.3 Å². The van der Waals surface area contributed by atoms with Gasteiger partial charge in [0.05, 0.1) is 12.3 Å². The van der Waals surface area contributed by atoms with Gasteiger partial charge in [-0.25, -0.2) is 0 Å². The molecule has 122 valence electrons. The van der Waals surface area contributed by atoms with E-state index in [9.17, 15) is 4.79 Å². The zero-order valence-corrected chi connectivity index (χ0v) is 13.3. The summed E-state index contributed by atoms with van der Waals surface area (Å²) in [6, 6.07) is 13.9. The number of rotatable bonds is 3. The van der Waals surface area contributed by atoms with Crippen LogP contribution in [0.1, 0.15) is 29.4 Å². The lowest BCUT2D eigenvalue weighted by Gasteiger charge is -2.32. The number of nitrogens with zero attached hydrogens (tertiary/aromatic N) is 3. The van der Waals surface area contributed by atoms with Crippen molar-refractivity contribution in [2.45, 2.75) is 18.9 Å². The highest BCUT2D eigenvalue weighted by Gasteiger charge is 2.28. The molecule has 1 saturated heterocycles. The van der Waals surface area contributed by atoms with Gasteiger partial charge in [0.2, 0.25) is 0 Å². The number of benzene rings is 1. The molecule has 1 aliphatic heterocycles. The van der Waals surface area contributed by atoms with E-state index < -0.39 is 0 Å². The van der Waals surface area contributed by atoms with Gasteiger partial charge in [-0.15, -0.1) is 0 Å². The van der Waals surface area contributed by atoms with E-state index in [2.05, 4.69) is 5.10 Å². The van der Waals surface area contributed by atoms with Crippen LogP contribution in [0.2, 0.25) is 0 Å². The Balaban J connectivity index is 1.57. The Hall–Kier alpha value is -2.82. The molecule has 24 heavy (non-hydrogen) atoms. The first-order chi connectivity index (χ1) is 11.8. The highest BCUT2D eigenvalue weighted by atomic mass is 16.3. The van der Waals surface area contributed by atoms with Crippen LogP contribution in [-0.4, -0.2) is 33.7 Å². The predicted molar refractivity (Wildman–Crippen MR) is 90.5 cm³/mol. The van der Waals surface area contributed by atoms with E-state index in [0.29, 0.717) is 12.3 Å². The number of piperidine rings is 1. The molecule has 0 aliphatic carbocycles. The minimum absolute atomic E-state index is 0.0456. The van der Waals surface area contributed by atoms with Gasteiger partial charge in [0.1, 0.15) is 0 Å². The maximum atomic E-state index is 13.0. The number of amides is 1. The van der Waals surface area contributed by atoms with Gasteiger partial charge in [0, 0.05) is 31.0 Å². The molecule has 0 radical (unpaired) electrons. The summed E-state index contributed by atoms with van der Waals surface area (Å²) in [4.78, 5) is 14.8. The van der Waals surface area contributed by atoms with Gasteiger partial charge < -0.3 is 9.32 Å². The molecule has 1 amide bonds. The summed E-state index contributed by atoms with van der Waals surface area (Å²) < 4.78 is 7.49. The second-order valence-electron chi connectivity index (χ2n) is 6.06. The lowest BCUT2D eigenvalue weighted by atomic mass is 10.0. The molecule has 1 fully saturated rings. The monoisotopic (exact) mass is 321 g/mol. The molecule has 0 spiro atoms. The molecule has 5 nitrogen and oxygen atoms in total. The third-order valence-corrected chi connectivity index (χ3v) is 4.53. The first kappa shape index (κ1) is 14.8. The summed E-state index contributed by atoms with van der Waals surface area (Å²) in [7, 11) is 0. The molecule has 0 bridgehead atoms. The maximum Gasteiger partial charge on any atom is 0.290 e. The lowest BCUT2D eigenvalue weighted by Crippen LogP contribution is -2.40. The summed E-state index contributed by atoms with van der Waals surface area (Å²) in [5.74, 6) is 0.373. The fourth-order valence-electron chi connectivity index (χ4n) is 3.32. The van der Waals surface area contributed by atoms with Crippen LogP contribution in [0.25, 0.3) is 11.1 Å². The molecule has 2 aromatic heterocycles. The predicted octanol–water partition coefficient (Wildman–Crippen LogP) is 3.62. The van der Waals surface area contributed by atoms with Crippen LogP contribution in [0, 0.1) is 0 Å². The van der Waals surface area contributed by atoms with Crippen molar-refractivity contribution in [1.82, 2.24) is 14.7 Å². The molecule has 1 atom stereocenters. The van der Waals surface area contributed by atoms with Gasteiger partial charge in [-0.2, -0.15) is 5.10 Å². The van der Waals surface area contributed by atoms with Crippen LogP contribution in [0.4, 0.5) is 0 Å². The smallest absolute Gasteiger partial charge is 0.290 e. The van der Waals surface area contributed by atoms with E-state index in [-0.39, 0.29) is 11.9 Å². The molecule has 1 aromatic carbocycles. The Morgan fingerprint density at radius 3 is 2.83 bits per heavy atom. The lowest BCUT2D eigenvalue weighted by molar-refractivity contribution is 0.0642. The Morgan fingerprint density at radius 1 is 1.17 bits per heavy atom. The number of hydrogen-bond donors (Lipinski definition) is 0. The van der Waals surface area contributed by atoms with Crippen molar-refractivity contribution in [2.75, 3.05) is 13.1 Å². The van der Waals surface area contributed by atoms with E-state index in [0.717, 1.165) is 30.5 Å². The summed E-state index contributed by atoms with van der Waals surface area (Å²) >= 11 is 0.